The van der Waals surface area contributed by atoms with Crippen LogP contribution in [0.5, 0.6) is 0 Å². The number of para-hydroxylation sites is 1. The molecule has 1 aromatic carbocycles. The van der Waals surface area contributed by atoms with Gasteiger partial charge in [-0.2, -0.15) is 13.2 Å². The molecule has 7 nitrogen and oxygen atoms in total. The largest absolute Gasteiger partial charge is 0.418 e. The maximum Gasteiger partial charge on any atom is 0.418 e. The van der Waals surface area contributed by atoms with Gasteiger partial charge in [-0.3, -0.25) is 4.79 Å². The predicted molar refractivity (Wildman–Crippen MR) is 72.3 cm³/mol. The summed E-state index contributed by atoms with van der Waals surface area (Å²) in [5.74, 6) is -1.60. The first-order chi connectivity index (χ1) is 10.2. The number of carbonyl (C=O) groups excluding carboxylic acids is 1. The molecule has 1 amide bonds. The van der Waals surface area contributed by atoms with E-state index in [9.17, 15) is 28.1 Å². The number of H-pyrrole nitrogens is 1. The van der Waals surface area contributed by atoms with E-state index >= 15 is 0 Å². The van der Waals surface area contributed by atoms with Gasteiger partial charge >= 0.3 is 12.0 Å². The topological polar surface area (TPSA) is 101 Å². The van der Waals surface area contributed by atoms with Crippen molar-refractivity contribution in [2.45, 2.75) is 6.18 Å². The van der Waals surface area contributed by atoms with Crippen LogP contribution in [0.3, 0.4) is 0 Å². The molecule has 1 heterocycles. The lowest BCUT2D eigenvalue weighted by Gasteiger charge is -2.12. The van der Waals surface area contributed by atoms with Gasteiger partial charge in [0.15, 0.2) is 5.69 Å². The molecule has 0 aliphatic heterocycles. The lowest BCUT2D eigenvalue weighted by atomic mass is 10.1. The van der Waals surface area contributed by atoms with Crippen LogP contribution in [0.2, 0.25) is 0 Å². The lowest BCUT2D eigenvalue weighted by Crippen LogP contribution is -2.17. The molecule has 0 fully saturated rings. The van der Waals surface area contributed by atoms with Crippen molar-refractivity contribution in [3.8, 4) is 0 Å². The molecule has 0 bridgehead atoms. The highest BCUT2D eigenvalue weighted by molar-refractivity contribution is 9.10. The number of carbonyl (C=O) groups is 1. The van der Waals surface area contributed by atoms with Gasteiger partial charge in [0, 0.05) is 0 Å². The van der Waals surface area contributed by atoms with Gasteiger partial charge in [0.1, 0.15) is 4.47 Å². The molecule has 1 aromatic heterocycles. The number of nitro groups is 1. The van der Waals surface area contributed by atoms with Crippen LogP contribution in [0.1, 0.15) is 16.1 Å². The van der Waals surface area contributed by atoms with E-state index in [0.717, 1.165) is 12.1 Å². The van der Waals surface area contributed by atoms with E-state index in [1.54, 1.807) is 0 Å². The SMILES string of the molecule is O=C(Nc1ccccc1C(F)(F)F)c1n[nH]c([N+](=O)[O-])c1Br. The molecule has 0 aliphatic rings. The fourth-order valence-electron chi connectivity index (χ4n) is 1.61. The van der Waals surface area contributed by atoms with Crippen molar-refractivity contribution >= 4 is 33.3 Å². The Kier molecular flexibility index (Phi) is 4.17. The highest BCUT2D eigenvalue weighted by Crippen LogP contribution is 2.35. The van der Waals surface area contributed by atoms with Gasteiger partial charge in [-0.25, -0.2) is 0 Å². The molecule has 116 valence electrons. The first-order valence-corrected chi connectivity index (χ1v) is 6.37. The monoisotopic (exact) mass is 378 g/mol. The van der Waals surface area contributed by atoms with Crippen LogP contribution in [0, 0.1) is 10.1 Å². The minimum Gasteiger partial charge on any atom is -0.358 e. The molecule has 0 saturated heterocycles. The van der Waals surface area contributed by atoms with Gasteiger partial charge in [-0.1, -0.05) is 17.2 Å². The van der Waals surface area contributed by atoms with Gasteiger partial charge in [-0.05, 0) is 33.0 Å². The number of halogens is 4. The van der Waals surface area contributed by atoms with Crippen LogP contribution < -0.4 is 5.32 Å². The third-order valence-corrected chi connectivity index (χ3v) is 3.32. The van der Waals surface area contributed by atoms with E-state index in [4.69, 9.17) is 0 Å². The zero-order valence-corrected chi connectivity index (χ0v) is 12.0. The summed E-state index contributed by atoms with van der Waals surface area (Å²) in [6.45, 7) is 0. The third kappa shape index (κ3) is 3.08. The van der Waals surface area contributed by atoms with E-state index in [-0.39, 0.29) is 4.47 Å². The van der Waals surface area contributed by atoms with Crippen molar-refractivity contribution in [2.75, 3.05) is 5.32 Å². The molecule has 11 heteroatoms. The van der Waals surface area contributed by atoms with E-state index in [1.807, 2.05) is 10.4 Å². The summed E-state index contributed by atoms with van der Waals surface area (Å²) in [5, 5.41) is 18.1. The summed E-state index contributed by atoms with van der Waals surface area (Å²) >= 11 is 2.81. The second-order valence-corrected chi connectivity index (χ2v) is 4.78. The Morgan fingerprint density at radius 1 is 1.36 bits per heavy atom. The third-order valence-electron chi connectivity index (χ3n) is 2.57. The van der Waals surface area contributed by atoms with Crippen molar-refractivity contribution in [3.05, 3.63) is 50.1 Å². The number of amides is 1. The summed E-state index contributed by atoms with van der Waals surface area (Å²) in [7, 11) is 0. The molecule has 2 rings (SSSR count). The Hall–Kier alpha value is -2.43. The number of hydrogen-bond acceptors (Lipinski definition) is 4. The number of hydrogen-bond donors (Lipinski definition) is 2. The Bertz CT molecular complexity index is 744. The second kappa shape index (κ2) is 5.75. The van der Waals surface area contributed by atoms with Crippen LogP contribution in [0.4, 0.5) is 24.7 Å². The molecule has 22 heavy (non-hydrogen) atoms. The number of benzene rings is 1. The number of nitrogens with zero attached hydrogens (tertiary/aromatic N) is 2. The molecule has 0 aliphatic carbocycles. The van der Waals surface area contributed by atoms with E-state index in [0.29, 0.717) is 0 Å². The smallest absolute Gasteiger partial charge is 0.358 e. The summed E-state index contributed by atoms with van der Waals surface area (Å²) in [5.41, 5.74) is -1.94. The van der Waals surface area contributed by atoms with E-state index < -0.39 is 39.8 Å². The molecule has 2 aromatic rings. The number of aromatic amines is 1. The predicted octanol–water partition coefficient (Wildman–Crippen LogP) is 3.35. The van der Waals surface area contributed by atoms with Gasteiger partial charge in [-0.15, -0.1) is 5.10 Å². The Balaban J connectivity index is 2.33. The van der Waals surface area contributed by atoms with Gasteiger partial charge in [0.2, 0.25) is 0 Å². The average molecular weight is 379 g/mol. The highest BCUT2D eigenvalue weighted by atomic mass is 79.9. The zero-order valence-electron chi connectivity index (χ0n) is 10.4. The number of aromatic nitrogens is 2. The Labute approximate surface area is 128 Å². The fourth-order valence-corrected chi connectivity index (χ4v) is 2.11. The van der Waals surface area contributed by atoms with Crippen LogP contribution in [0.15, 0.2) is 28.7 Å². The summed E-state index contributed by atoms with van der Waals surface area (Å²) in [6, 6.07) is 4.36. The molecule has 0 atom stereocenters. The molecule has 0 unspecified atom stereocenters. The molecule has 2 N–H and O–H groups in total. The van der Waals surface area contributed by atoms with Crippen LogP contribution in [-0.4, -0.2) is 21.0 Å². The average Bonchev–Trinajstić information content (AvgIpc) is 2.80. The van der Waals surface area contributed by atoms with Crippen molar-refractivity contribution in [3.63, 3.8) is 0 Å². The first kappa shape index (κ1) is 15.9. The number of alkyl halides is 3. The maximum absolute atomic E-state index is 12.8. The molecule has 0 spiro atoms. The second-order valence-electron chi connectivity index (χ2n) is 3.99. The molecular weight excluding hydrogens is 373 g/mol. The van der Waals surface area contributed by atoms with E-state index in [1.165, 1.54) is 12.1 Å². The molecule has 0 radical (unpaired) electrons. The Morgan fingerprint density at radius 3 is 2.55 bits per heavy atom. The van der Waals surface area contributed by atoms with Crippen LogP contribution in [0.25, 0.3) is 0 Å². The molecular formula is C11H6BrF3N4O3. The fraction of sp³-hybridized carbons (Fsp3) is 0.0909. The minimum absolute atomic E-state index is 0.250. The van der Waals surface area contributed by atoms with Gasteiger partial charge in [0.05, 0.1) is 11.3 Å². The first-order valence-electron chi connectivity index (χ1n) is 5.57. The highest BCUT2D eigenvalue weighted by Gasteiger charge is 2.34. The van der Waals surface area contributed by atoms with Gasteiger partial charge < -0.3 is 15.4 Å². The van der Waals surface area contributed by atoms with Gasteiger partial charge in [0.25, 0.3) is 5.91 Å². The summed E-state index contributed by atoms with van der Waals surface area (Å²) in [6.07, 6.45) is -4.65. The van der Waals surface area contributed by atoms with Crippen molar-refractivity contribution in [1.82, 2.24) is 10.2 Å². The minimum atomic E-state index is -4.65. The quantitative estimate of drug-likeness (QED) is 0.631. The maximum atomic E-state index is 12.8. The van der Waals surface area contributed by atoms with Crippen molar-refractivity contribution in [2.24, 2.45) is 0 Å². The number of nitrogens with one attached hydrogen (secondary N) is 2. The molecule has 0 saturated carbocycles. The van der Waals surface area contributed by atoms with Crippen molar-refractivity contribution < 1.29 is 22.9 Å². The van der Waals surface area contributed by atoms with Crippen LogP contribution in [-0.2, 0) is 6.18 Å². The number of anilines is 1. The number of rotatable bonds is 3. The van der Waals surface area contributed by atoms with Crippen LogP contribution >= 0.6 is 15.9 Å². The zero-order chi connectivity index (χ0) is 16.5. The normalized spacial score (nSPS) is 11.3. The summed E-state index contributed by atoms with van der Waals surface area (Å²) in [4.78, 5) is 21.7. The summed E-state index contributed by atoms with van der Waals surface area (Å²) < 4.78 is 38.2. The standard InChI is InChI=1S/C11H6BrF3N4O3/c12-7-8(17-18-9(7)19(21)22)10(20)16-6-4-2-1-3-5(6)11(13,14)15/h1-4H,(H,16,20)(H,17,18). The van der Waals surface area contributed by atoms with E-state index in [2.05, 4.69) is 21.0 Å². The van der Waals surface area contributed by atoms with Crippen molar-refractivity contribution in [1.29, 1.82) is 0 Å². The Morgan fingerprint density at radius 2 is 2.00 bits per heavy atom. The lowest BCUT2D eigenvalue weighted by molar-refractivity contribution is -0.390.